The molecule has 0 aromatic heterocycles. The number of hydrogen-bond donors (Lipinski definition) is 2. The van der Waals surface area contributed by atoms with Crippen LogP contribution in [0, 0.1) is 11.3 Å². The zero-order valence-corrected chi connectivity index (χ0v) is 6.33. The van der Waals surface area contributed by atoms with Crippen molar-refractivity contribution >= 4 is 18.0 Å². The highest BCUT2D eigenvalue weighted by Gasteiger charge is 2.11. The topological polar surface area (TPSA) is 78.2 Å². The van der Waals surface area contributed by atoms with Crippen molar-refractivity contribution in [3.63, 3.8) is 0 Å². The monoisotopic (exact) mass is 157 g/mol. The predicted octanol–water partition coefficient (Wildman–Crippen LogP) is 0.706. The maximum absolute atomic E-state index is 10.5. The van der Waals surface area contributed by atoms with Crippen molar-refractivity contribution < 1.29 is 14.7 Å². The van der Waals surface area contributed by atoms with Crippen LogP contribution >= 0.6 is 0 Å². The molecule has 62 valence electrons. The number of aliphatic carboxylic acids is 1. The summed E-state index contributed by atoms with van der Waals surface area (Å²) in [6.07, 6.45) is 1.18. The van der Waals surface area contributed by atoms with Crippen LogP contribution in [0.2, 0.25) is 0 Å². The maximum atomic E-state index is 10.5. The number of hydrogen-bond acceptors (Lipinski definition) is 3. The van der Waals surface area contributed by atoms with Crippen molar-refractivity contribution in [1.82, 2.24) is 0 Å². The highest BCUT2D eigenvalue weighted by atomic mass is 16.4. The van der Waals surface area contributed by atoms with Crippen molar-refractivity contribution in [2.24, 2.45) is 5.92 Å². The van der Waals surface area contributed by atoms with Gasteiger partial charge in [0.05, 0.1) is 12.1 Å². The molecule has 0 spiro atoms. The molecule has 4 nitrogen and oxygen atoms in total. The molecule has 0 unspecified atom stereocenters. The van der Waals surface area contributed by atoms with E-state index < -0.39 is 11.9 Å². The number of carboxylic acids is 1. The van der Waals surface area contributed by atoms with E-state index in [0.29, 0.717) is 12.6 Å². The molecule has 0 aliphatic rings. The molecule has 0 bridgehead atoms. The normalized spacial score (nSPS) is 12.1. The fourth-order valence-corrected chi connectivity index (χ4v) is 0.554. The molecule has 11 heavy (non-hydrogen) atoms. The Morgan fingerprint density at radius 2 is 2.18 bits per heavy atom. The second-order valence-corrected chi connectivity index (χ2v) is 2.39. The van der Waals surface area contributed by atoms with Crippen molar-refractivity contribution in [3.05, 3.63) is 0 Å². The zero-order valence-electron chi connectivity index (χ0n) is 6.33. The standard InChI is InChI=1S/C7H11NO3/c1-5(7(10)11)2-3-6(9)4-8/h4-5,8H,2-3H2,1H3,(H,10,11)/t5-/m0/s1. The number of carboxylic acid groups (broad SMARTS) is 1. The van der Waals surface area contributed by atoms with Crippen molar-refractivity contribution in [1.29, 1.82) is 5.41 Å². The molecular weight excluding hydrogens is 146 g/mol. The van der Waals surface area contributed by atoms with Gasteiger partial charge in [-0.2, -0.15) is 0 Å². The number of carbonyl (C=O) groups excluding carboxylic acids is 1. The van der Waals surface area contributed by atoms with Gasteiger partial charge in [0.25, 0.3) is 0 Å². The molecule has 1 atom stereocenters. The molecule has 0 heterocycles. The number of nitrogens with one attached hydrogen (secondary N) is 1. The van der Waals surface area contributed by atoms with E-state index in [4.69, 9.17) is 10.5 Å². The first-order valence-corrected chi connectivity index (χ1v) is 3.34. The summed E-state index contributed by atoms with van der Waals surface area (Å²) in [5, 5.41) is 14.9. The van der Waals surface area contributed by atoms with Crippen molar-refractivity contribution in [2.45, 2.75) is 19.8 Å². The van der Waals surface area contributed by atoms with Gasteiger partial charge in [-0.25, -0.2) is 0 Å². The van der Waals surface area contributed by atoms with E-state index in [1.807, 2.05) is 0 Å². The van der Waals surface area contributed by atoms with Gasteiger partial charge in [-0.1, -0.05) is 6.92 Å². The van der Waals surface area contributed by atoms with Crippen LogP contribution in [0.4, 0.5) is 0 Å². The second-order valence-electron chi connectivity index (χ2n) is 2.39. The number of ketones is 1. The summed E-state index contributed by atoms with van der Waals surface area (Å²) in [6, 6.07) is 0. The highest BCUT2D eigenvalue weighted by Crippen LogP contribution is 2.04. The van der Waals surface area contributed by atoms with Gasteiger partial charge in [0.15, 0.2) is 5.78 Å². The second kappa shape index (κ2) is 4.60. The largest absolute Gasteiger partial charge is 0.481 e. The van der Waals surface area contributed by atoms with Crippen LogP contribution in [0.25, 0.3) is 0 Å². The smallest absolute Gasteiger partial charge is 0.306 e. The van der Waals surface area contributed by atoms with E-state index >= 15 is 0 Å². The Morgan fingerprint density at radius 3 is 2.55 bits per heavy atom. The van der Waals surface area contributed by atoms with Crippen LogP contribution in [0.15, 0.2) is 0 Å². The molecule has 0 saturated heterocycles. The average molecular weight is 157 g/mol. The van der Waals surface area contributed by atoms with Crippen molar-refractivity contribution in [3.8, 4) is 0 Å². The lowest BCUT2D eigenvalue weighted by atomic mass is 10.0. The number of Topliss-reactive ketones (excluding diaryl/α,β-unsaturated/α-hetero) is 1. The Kier molecular flexibility index (Phi) is 4.10. The summed E-state index contributed by atoms with van der Waals surface area (Å²) >= 11 is 0. The van der Waals surface area contributed by atoms with Crippen molar-refractivity contribution in [2.75, 3.05) is 0 Å². The van der Waals surface area contributed by atoms with Gasteiger partial charge in [-0.3, -0.25) is 9.59 Å². The van der Waals surface area contributed by atoms with Gasteiger partial charge < -0.3 is 10.5 Å². The maximum Gasteiger partial charge on any atom is 0.306 e. The van der Waals surface area contributed by atoms with E-state index in [1.165, 1.54) is 0 Å². The molecule has 0 saturated carbocycles. The molecule has 2 N–H and O–H groups in total. The SMILES string of the molecule is C[C@@H](CCC(=O)C=N)C(=O)O. The third-order valence-corrected chi connectivity index (χ3v) is 1.41. The Bertz CT molecular complexity index is 177. The molecule has 0 radical (unpaired) electrons. The molecule has 0 amide bonds. The Labute approximate surface area is 64.7 Å². The number of carbonyl (C=O) groups is 2. The summed E-state index contributed by atoms with van der Waals surface area (Å²) in [7, 11) is 0. The quantitative estimate of drug-likeness (QED) is 0.577. The molecule has 0 aromatic rings. The summed E-state index contributed by atoms with van der Waals surface area (Å²) in [4.78, 5) is 20.7. The van der Waals surface area contributed by atoms with Crippen LogP contribution in [0.3, 0.4) is 0 Å². The summed E-state index contributed by atoms with van der Waals surface area (Å²) in [6.45, 7) is 1.54. The first kappa shape index (κ1) is 9.81. The first-order chi connectivity index (χ1) is 5.07. The van der Waals surface area contributed by atoms with E-state index in [1.54, 1.807) is 6.92 Å². The molecule has 4 heteroatoms. The fourth-order valence-electron chi connectivity index (χ4n) is 0.554. The zero-order chi connectivity index (χ0) is 8.85. The Morgan fingerprint density at radius 1 is 1.64 bits per heavy atom. The van der Waals surface area contributed by atoms with Gasteiger partial charge in [-0.05, 0) is 6.42 Å². The van der Waals surface area contributed by atoms with E-state index in [2.05, 4.69) is 0 Å². The fraction of sp³-hybridized carbons (Fsp3) is 0.571. The molecule has 0 aliphatic carbocycles. The van der Waals surface area contributed by atoms with Crippen LogP contribution in [-0.2, 0) is 9.59 Å². The summed E-state index contributed by atoms with van der Waals surface area (Å²) < 4.78 is 0. The first-order valence-electron chi connectivity index (χ1n) is 3.34. The Balaban J connectivity index is 3.62. The summed E-state index contributed by atoms with van der Waals surface area (Å²) in [5.41, 5.74) is 0. The third kappa shape index (κ3) is 4.25. The lowest BCUT2D eigenvalue weighted by Gasteiger charge is -2.01. The van der Waals surface area contributed by atoms with Gasteiger partial charge >= 0.3 is 5.97 Å². The van der Waals surface area contributed by atoms with E-state index in [9.17, 15) is 9.59 Å². The molecule has 0 fully saturated rings. The number of rotatable bonds is 5. The minimum Gasteiger partial charge on any atom is -0.481 e. The Hall–Kier alpha value is -1.19. The van der Waals surface area contributed by atoms with Gasteiger partial charge in [0.2, 0.25) is 0 Å². The van der Waals surface area contributed by atoms with Gasteiger partial charge in [0.1, 0.15) is 0 Å². The van der Waals surface area contributed by atoms with Gasteiger partial charge in [0, 0.05) is 6.42 Å². The average Bonchev–Trinajstić information content (AvgIpc) is 1.99. The van der Waals surface area contributed by atoms with E-state index in [0.717, 1.165) is 0 Å². The van der Waals surface area contributed by atoms with Crippen LogP contribution < -0.4 is 0 Å². The summed E-state index contributed by atoms with van der Waals surface area (Å²) in [5.74, 6) is -1.72. The van der Waals surface area contributed by atoms with Gasteiger partial charge in [-0.15, -0.1) is 0 Å². The molecular formula is C7H11NO3. The van der Waals surface area contributed by atoms with Crippen LogP contribution in [-0.4, -0.2) is 23.1 Å². The lowest BCUT2D eigenvalue weighted by molar-refractivity contribution is -0.141. The van der Waals surface area contributed by atoms with Crippen LogP contribution in [0.1, 0.15) is 19.8 Å². The molecule has 0 rings (SSSR count). The third-order valence-electron chi connectivity index (χ3n) is 1.41. The lowest BCUT2D eigenvalue weighted by Crippen LogP contribution is -2.11. The molecule has 0 aromatic carbocycles. The van der Waals surface area contributed by atoms with E-state index in [-0.39, 0.29) is 12.2 Å². The highest BCUT2D eigenvalue weighted by molar-refractivity contribution is 6.26. The predicted molar refractivity (Wildman–Crippen MR) is 39.8 cm³/mol. The molecule has 0 aliphatic heterocycles. The van der Waals surface area contributed by atoms with Crippen LogP contribution in [0.5, 0.6) is 0 Å². The minimum atomic E-state index is -0.900. The minimum absolute atomic E-state index is 0.150.